The number of phosphoric ester groups is 1. The maximum Gasteiger partial charge on any atom is 0.268 e. The van der Waals surface area contributed by atoms with Crippen molar-refractivity contribution in [2.24, 2.45) is 0 Å². The molecule has 0 spiro atoms. The van der Waals surface area contributed by atoms with Gasteiger partial charge in [-0.15, -0.1) is 0 Å². The second-order valence-electron chi connectivity index (χ2n) is 20.6. The van der Waals surface area contributed by atoms with E-state index < -0.39 is 26.6 Å². The van der Waals surface area contributed by atoms with Crippen molar-refractivity contribution in [3.63, 3.8) is 0 Å². The van der Waals surface area contributed by atoms with Crippen molar-refractivity contribution >= 4 is 13.7 Å². The molecule has 0 aliphatic carbocycles. The Kier molecular flexibility index (Phi) is 48.3. The van der Waals surface area contributed by atoms with Crippen LogP contribution >= 0.6 is 7.82 Å². The first-order valence-corrected chi connectivity index (χ1v) is 30.0. The van der Waals surface area contributed by atoms with Gasteiger partial charge in [-0.25, -0.2) is 0 Å². The number of aliphatic hydroxyl groups excluding tert-OH is 1. The molecule has 0 aliphatic rings. The van der Waals surface area contributed by atoms with Gasteiger partial charge in [0.15, 0.2) is 0 Å². The van der Waals surface area contributed by atoms with Crippen LogP contribution in [0.1, 0.15) is 264 Å². The van der Waals surface area contributed by atoms with E-state index in [4.69, 9.17) is 9.05 Å². The third kappa shape index (κ3) is 52.1. The molecule has 394 valence electrons. The van der Waals surface area contributed by atoms with Gasteiger partial charge in [0.1, 0.15) is 13.2 Å². The maximum atomic E-state index is 12.9. The van der Waals surface area contributed by atoms with Crippen molar-refractivity contribution in [1.29, 1.82) is 0 Å². The molecule has 67 heavy (non-hydrogen) atoms. The Morgan fingerprint density at radius 1 is 0.507 bits per heavy atom. The molecule has 1 amide bonds. The highest BCUT2D eigenvalue weighted by Gasteiger charge is 2.23. The number of rotatable bonds is 52. The van der Waals surface area contributed by atoms with E-state index in [2.05, 4.69) is 55.6 Å². The van der Waals surface area contributed by atoms with Crippen molar-refractivity contribution < 1.29 is 32.9 Å². The predicted octanol–water partition coefficient (Wildman–Crippen LogP) is 16.5. The van der Waals surface area contributed by atoms with Crippen molar-refractivity contribution in [2.45, 2.75) is 276 Å². The number of nitrogens with one attached hydrogen (secondary N) is 1. The molecule has 0 aromatic rings. The third-order valence-electron chi connectivity index (χ3n) is 12.7. The molecule has 0 saturated carbocycles. The number of quaternary nitrogens is 1. The minimum Gasteiger partial charge on any atom is -0.756 e. The molecule has 0 saturated heterocycles. The zero-order valence-electron chi connectivity index (χ0n) is 44.9. The fraction of sp³-hybridized carbons (Fsp3) is 0.845. The number of hydrogen-bond donors (Lipinski definition) is 2. The number of phosphoric acid groups is 1. The lowest BCUT2D eigenvalue weighted by atomic mass is 10.0. The number of allylic oxidation sites excluding steroid dienone is 7. The summed E-state index contributed by atoms with van der Waals surface area (Å²) in [5.74, 6) is -0.209. The zero-order valence-corrected chi connectivity index (χ0v) is 45.7. The molecular formula is C58H111N2O6P. The first-order valence-electron chi connectivity index (χ1n) is 28.5. The van der Waals surface area contributed by atoms with E-state index in [9.17, 15) is 19.4 Å². The highest BCUT2D eigenvalue weighted by Crippen LogP contribution is 2.38. The molecule has 0 aliphatic heterocycles. The lowest BCUT2D eigenvalue weighted by molar-refractivity contribution is -0.870. The fourth-order valence-corrected chi connectivity index (χ4v) is 8.96. The van der Waals surface area contributed by atoms with Crippen LogP contribution in [0.5, 0.6) is 0 Å². The SMILES string of the molecule is CCCCCCCC/C=C/CC/C=C/CC/C=C/C(O)C(COP(=O)([O-])OCC[N+](C)(C)C)NC(=O)CCCCCCCCCCCCCCCCCCC/C=C\CCCCCCCCCC. The Morgan fingerprint density at radius 2 is 0.836 bits per heavy atom. The van der Waals surface area contributed by atoms with Crippen LogP contribution in [0.15, 0.2) is 48.6 Å². The number of carbonyl (C=O) groups excluding carboxylic acids is 1. The van der Waals surface area contributed by atoms with Gasteiger partial charge >= 0.3 is 0 Å². The van der Waals surface area contributed by atoms with Crippen molar-refractivity contribution in [3.05, 3.63) is 48.6 Å². The smallest absolute Gasteiger partial charge is 0.268 e. The van der Waals surface area contributed by atoms with Crippen LogP contribution in [0.25, 0.3) is 0 Å². The lowest BCUT2D eigenvalue weighted by Gasteiger charge is -2.29. The van der Waals surface area contributed by atoms with Gasteiger partial charge in [-0.05, 0) is 70.6 Å². The predicted molar refractivity (Wildman–Crippen MR) is 288 cm³/mol. The normalized spacial score (nSPS) is 14.3. The Morgan fingerprint density at radius 3 is 1.21 bits per heavy atom. The van der Waals surface area contributed by atoms with Gasteiger partial charge in [0.25, 0.3) is 7.82 Å². The van der Waals surface area contributed by atoms with Crippen molar-refractivity contribution in [3.8, 4) is 0 Å². The van der Waals surface area contributed by atoms with Crippen LogP contribution in [0.4, 0.5) is 0 Å². The van der Waals surface area contributed by atoms with Crippen molar-refractivity contribution in [1.82, 2.24) is 5.32 Å². The van der Waals surface area contributed by atoms with Gasteiger partial charge in [0.05, 0.1) is 39.9 Å². The quantitative estimate of drug-likeness (QED) is 0.0272. The molecule has 0 rings (SSSR count). The standard InChI is InChI=1S/C58H111N2O6P/c1-6-8-10-12-14-16-18-20-22-24-25-26-27-28-29-30-31-32-33-34-35-36-38-40-42-44-46-48-50-52-58(62)59-56(55-66-67(63,64)65-54-53-60(3,4)5)57(61)51-49-47-45-43-41-39-37-23-21-19-17-15-13-11-9-7-2/h21,23-25,41,43,49,51,56-57,61H,6-20,22,26-40,42,44-48,50,52-55H2,1-5H3,(H-,59,62,63,64)/b23-21+,25-24-,43-41+,51-49+. The molecular weight excluding hydrogens is 852 g/mol. The van der Waals surface area contributed by atoms with Crippen LogP contribution in [0.2, 0.25) is 0 Å². The van der Waals surface area contributed by atoms with Crippen LogP contribution in [-0.4, -0.2) is 68.5 Å². The summed E-state index contributed by atoms with van der Waals surface area (Å²) in [5, 5.41) is 13.8. The molecule has 3 unspecified atom stereocenters. The zero-order chi connectivity index (χ0) is 49.2. The number of likely N-dealkylation sites (N-methyl/N-ethyl adjacent to an activating group) is 1. The average molecular weight is 964 g/mol. The number of amides is 1. The number of unbranched alkanes of at least 4 members (excludes halogenated alkanes) is 33. The van der Waals surface area contributed by atoms with Gasteiger partial charge < -0.3 is 28.8 Å². The summed E-state index contributed by atoms with van der Waals surface area (Å²) < 4.78 is 23.3. The monoisotopic (exact) mass is 963 g/mol. The molecule has 0 bridgehead atoms. The highest BCUT2D eigenvalue weighted by molar-refractivity contribution is 7.45. The van der Waals surface area contributed by atoms with E-state index in [-0.39, 0.29) is 12.5 Å². The molecule has 2 N–H and O–H groups in total. The van der Waals surface area contributed by atoms with Crippen molar-refractivity contribution in [2.75, 3.05) is 40.9 Å². The highest BCUT2D eigenvalue weighted by atomic mass is 31.2. The summed E-state index contributed by atoms with van der Waals surface area (Å²) >= 11 is 0. The summed E-state index contributed by atoms with van der Waals surface area (Å²) in [4.78, 5) is 25.5. The number of nitrogens with zero attached hydrogens (tertiary/aromatic N) is 1. The number of hydrogen-bond acceptors (Lipinski definition) is 6. The second-order valence-corrected chi connectivity index (χ2v) is 22.0. The molecule has 0 fully saturated rings. The molecule has 0 aromatic carbocycles. The van der Waals surface area contributed by atoms with E-state index in [1.807, 2.05) is 27.2 Å². The van der Waals surface area contributed by atoms with E-state index >= 15 is 0 Å². The second kappa shape index (κ2) is 49.4. The summed E-state index contributed by atoms with van der Waals surface area (Å²) in [5.41, 5.74) is 0. The van der Waals surface area contributed by atoms with Crippen LogP contribution in [0, 0.1) is 0 Å². The largest absolute Gasteiger partial charge is 0.756 e. The maximum absolute atomic E-state index is 12.9. The molecule has 0 heterocycles. The van der Waals surface area contributed by atoms with Gasteiger partial charge in [-0.2, -0.15) is 0 Å². The summed E-state index contributed by atoms with van der Waals surface area (Å²) in [6.07, 6.45) is 64.8. The van der Waals surface area contributed by atoms with E-state index in [1.165, 1.54) is 199 Å². The minimum absolute atomic E-state index is 0.00874. The van der Waals surface area contributed by atoms with E-state index in [0.29, 0.717) is 17.4 Å². The number of aliphatic hydroxyl groups is 1. The Labute approximate surface area is 416 Å². The molecule has 8 nitrogen and oxygen atoms in total. The van der Waals surface area contributed by atoms with E-state index in [1.54, 1.807) is 6.08 Å². The van der Waals surface area contributed by atoms with Crippen LogP contribution < -0.4 is 10.2 Å². The van der Waals surface area contributed by atoms with Gasteiger partial charge in [0, 0.05) is 6.42 Å². The van der Waals surface area contributed by atoms with Crippen LogP contribution in [-0.2, 0) is 18.4 Å². The third-order valence-corrected chi connectivity index (χ3v) is 13.7. The molecule has 0 aromatic heterocycles. The van der Waals surface area contributed by atoms with Gasteiger partial charge in [-0.1, -0.05) is 236 Å². The Hall–Kier alpha value is -1.54. The number of carbonyl (C=O) groups is 1. The first-order chi connectivity index (χ1) is 32.5. The Balaban J connectivity index is 4.15. The average Bonchev–Trinajstić information content (AvgIpc) is 3.29. The fourth-order valence-electron chi connectivity index (χ4n) is 8.24. The topological polar surface area (TPSA) is 108 Å². The van der Waals surface area contributed by atoms with Crippen LogP contribution in [0.3, 0.4) is 0 Å². The summed E-state index contributed by atoms with van der Waals surface area (Å²) in [7, 11) is 1.24. The summed E-state index contributed by atoms with van der Waals surface area (Å²) in [6, 6.07) is -0.909. The molecule has 3 atom stereocenters. The lowest BCUT2D eigenvalue weighted by Crippen LogP contribution is -2.45. The molecule has 9 heteroatoms. The Bertz CT molecular complexity index is 1230. The molecule has 0 radical (unpaired) electrons. The summed E-state index contributed by atoms with van der Waals surface area (Å²) in [6.45, 7) is 4.63. The van der Waals surface area contributed by atoms with Gasteiger partial charge in [0.2, 0.25) is 5.91 Å². The van der Waals surface area contributed by atoms with E-state index in [0.717, 1.165) is 44.9 Å². The minimum atomic E-state index is -4.61. The van der Waals surface area contributed by atoms with Gasteiger partial charge in [-0.3, -0.25) is 9.36 Å². The first kappa shape index (κ1) is 65.5.